The van der Waals surface area contributed by atoms with Gasteiger partial charge >= 0.3 is 0 Å². The first-order valence-corrected chi connectivity index (χ1v) is 14.3. The van der Waals surface area contributed by atoms with E-state index in [1.54, 1.807) is 14.2 Å². The van der Waals surface area contributed by atoms with E-state index in [2.05, 4.69) is 65.7 Å². The third kappa shape index (κ3) is 5.48. The fraction of sp³-hybridized carbons (Fsp3) is 0.257. The highest BCUT2D eigenvalue weighted by Gasteiger charge is 2.25. The van der Waals surface area contributed by atoms with Gasteiger partial charge in [0.2, 0.25) is 0 Å². The highest BCUT2D eigenvalue weighted by atomic mass is 16.5. The van der Waals surface area contributed by atoms with Gasteiger partial charge in [-0.05, 0) is 79.1 Å². The second kappa shape index (κ2) is 11.7. The maximum Gasteiger partial charge on any atom is 0.253 e. The van der Waals surface area contributed by atoms with E-state index in [1.165, 1.54) is 16.7 Å². The molecule has 1 aliphatic rings. The van der Waals surface area contributed by atoms with Gasteiger partial charge in [0, 0.05) is 50.0 Å². The average Bonchev–Trinajstić information content (AvgIpc) is 3.39. The molecule has 1 saturated heterocycles. The maximum absolute atomic E-state index is 13.2. The molecule has 6 rings (SSSR count). The van der Waals surface area contributed by atoms with Gasteiger partial charge in [0.25, 0.3) is 5.91 Å². The lowest BCUT2D eigenvalue weighted by atomic mass is 10.00. The van der Waals surface area contributed by atoms with Crippen LogP contribution in [0.25, 0.3) is 28.0 Å². The molecule has 0 unspecified atom stereocenters. The van der Waals surface area contributed by atoms with Crippen LogP contribution in [0, 0.1) is 13.8 Å². The van der Waals surface area contributed by atoms with E-state index in [1.807, 2.05) is 47.4 Å². The van der Waals surface area contributed by atoms with E-state index in [4.69, 9.17) is 14.5 Å². The zero-order chi connectivity index (χ0) is 29.2. The van der Waals surface area contributed by atoms with Crippen LogP contribution >= 0.6 is 0 Å². The van der Waals surface area contributed by atoms with E-state index in [-0.39, 0.29) is 5.91 Å². The molecular formula is C35H36N4O3. The number of aromatic nitrogens is 2. The highest BCUT2D eigenvalue weighted by Crippen LogP contribution is 2.31. The van der Waals surface area contributed by atoms with Crippen LogP contribution in [0.5, 0.6) is 11.5 Å². The zero-order valence-corrected chi connectivity index (χ0v) is 24.6. The SMILES string of the molecule is COc1ccc(C(=O)N2CCN(Cc3c(-c4cccc(OC)c4)nc4ccc(-c5cc(C)ccc5C)cn34)CC2)cc1. The molecule has 0 atom stereocenters. The third-order valence-corrected chi connectivity index (χ3v) is 8.13. The smallest absolute Gasteiger partial charge is 0.253 e. The monoisotopic (exact) mass is 560 g/mol. The molecule has 1 fully saturated rings. The molecule has 3 heterocycles. The molecule has 214 valence electrons. The fourth-order valence-electron chi connectivity index (χ4n) is 5.69. The van der Waals surface area contributed by atoms with Crippen molar-refractivity contribution in [2.24, 2.45) is 0 Å². The normalized spacial score (nSPS) is 13.9. The summed E-state index contributed by atoms with van der Waals surface area (Å²) in [4.78, 5) is 22.6. The Morgan fingerprint density at radius 3 is 2.31 bits per heavy atom. The number of nitrogens with zero attached hydrogens (tertiary/aromatic N) is 4. The summed E-state index contributed by atoms with van der Waals surface area (Å²) in [5.74, 6) is 1.61. The van der Waals surface area contributed by atoms with Crippen LogP contribution in [-0.4, -0.2) is 65.5 Å². The summed E-state index contributed by atoms with van der Waals surface area (Å²) in [6.07, 6.45) is 2.21. The molecule has 2 aromatic heterocycles. The summed E-state index contributed by atoms with van der Waals surface area (Å²) in [5, 5.41) is 0. The fourth-order valence-corrected chi connectivity index (χ4v) is 5.69. The van der Waals surface area contributed by atoms with Gasteiger partial charge in [-0.15, -0.1) is 0 Å². The number of carbonyl (C=O) groups is 1. The second-order valence-corrected chi connectivity index (χ2v) is 10.9. The van der Waals surface area contributed by atoms with Crippen molar-refractivity contribution in [1.82, 2.24) is 19.2 Å². The molecule has 7 nitrogen and oxygen atoms in total. The number of aryl methyl sites for hydroxylation is 2. The summed E-state index contributed by atoms with van der Waals surface area (Å²) in [6, 6.07) is 26.3. The van der Waals surface area contributed by atoms with Gasteiger partial charge in [-0.3, -0.25) is 9.69 Å². The number of pyridine rings is 1. The molecule has 0 saturated carbocycles. The van der Waals surface area contributed by atoms with Crippen LogP contribution in [0.2, 0.25) is 0 Å². The van der Waals surface area contributed by atoms with Crippen molar-refractivity contribution >= 4 is 11.6 Å². The predicted molar refractivity (Wildman–Crippen MR) is 166 cm³/mol. The summed E-state index contributed by atoms with van der Waals surface area (Å²) < 4.78 is 13.0. The van der Waals surface area contributed by atoms with Crippen molar-refractivity contribution in [2.75, 3.05) is 40.4 Å². The maximum atomic E-state index is 13.2. The molecule has 1 aliphatic heterocycles. The molecule has 5 aromatic rings. The second-order valence-electron chi connectivity index (χ2n) is 10.9. The van der Waals surface area contributed by atoms with E-state index >= 15 is 0 Å². The van der Waals surface area contributed by atoms with Crippen molar-refractivity contribution in [1.29, 1.82) is 0 Å². The molecule has 42 heavy (non-hydrogen) atoms. The quantitative estimate of drug-likeness (QED) is 0.235. The van der Waals surface area contributed by atoms with Crippen molar-refractivity contribution in [3.05, 3.63) is 107 Å². The Morgan fingerprint density at radius 1 is 0.810 bits per heavy atom. The molecule has 3 aromatic carbocycles. The van der Waals surface area contributed by atoms with E-state index < -0.39 is 0 Å². The van der Waals surface area contributed by atoms with E-state index in [0.29, 0.717) is 25.2 Å². The largest absolute Gasteiger partial charge is 0.497 e. The van der Waals surface area contributed by atoms with Crippen LogP contribution in [-0.2, 0) is 6.54 Å². The van der Waals surface area contributed by atoms with Crippen LogP contribution in [0.1, 0.15) is 27.2 Å². The Labute approximate surface area is 246 Å². The molecule has 1 amide bonds. The van der Waals surface area contributed by atoms with Crippen molar-refractivity contribution in [3.8, 4) is 33.9 Å². The molecule has 7 heteroatoms. The number of carbonyl (C=O) groups excluding carboxylic acids is 1. The minimum atomic E-state index is 0.0577. The topological polar surface area (TPSA) is 59.3 Å². The summed E-state index contributed by atoms with van der Waals surface area (Å²) >= 11 is 0. The number of ether oxygens (including phenoxy) is 2. The summed E-state index contributed by atoms with van der Waals surface area (Å²) in [5.41, 5.74) is 9.56. The number of fused-ring (bicyclic) bond motifs is 1. The molecule has 0 N–H and O–H groups in total. The van der Waals surface area contributed by atoms with Gasteiger partial charge < -0.3 is 18.8 Å². The number of hydrogen-bond acceptors (Lipinski definition) is 5. The van der Waals surface area contributed by atoms with Crippen LogP contribution < -0.4 is 9.47 Å². The molecular weight excluding hydrogens is 524 g/mol. The molecule has 0 bridgehead atoms. The highest BCUT2D eigenvalue weighted by molar-refractivity contribution is 5.94. The standard InChI is InChI=1S/C35H36N4O3/c1-24-8-9-25(2)31(20-24)28-12-15-33-36-34(27-6-5-7-30(21-27)42-4)32(39(33)22-28)23-37-16-18-38(19-17-37)35(40)26-10-13-29(41-3)14-11-26/h5-15,20-22H,16-19,23H2,1-4H3. The van der Waals surface area contributed by atoms with E-state index in [9.17, 15) is 4.79 Å². The average molecular weight is 561 g/mol. The number of hydrogen-bond donors (Lipinski definition) is 0. The number of amides is 1. The summed E-state index contributed by atoms with van der Waals surface area (Å²) in [7, 11) is 3.32. The van der Waals surface area contributed by atoms with Crippen molar-refractivity contribution in [2.45, 2.75) is 20.4 Å². The number of rotatable bonds is 7. The Kier molecular flexibility index (Phi) is 7.68. The van der Waals surface area contributed by atoms with Gasteiger partial charge in [0.1, 0.15) is 17.1 Å². The molecule has 0 aliphatic carbocycles. The lowest BCUT2D eigenvalue weighted by Gasteiger charge is -2.34. The Hall–Kier alpha value is -4.62. The first kappa shape index (κ1) is 27.5. The Bertz CT molecular complexity index is 1730. The number of piperazine rings is 1. The van der Waals surface area contributed by atoms with Gasteiger partial charge in [-0.1, -0.05) is 35.9 Å². The van der Waals surface area contributed by atoms with Gasteiger partial charge in [0.05, 0.1) is 25.6 Å². The number of methoxy groups -OCH3 is 2. The molecule has 0 radical (unpaired) electrons. The summed E-state index contributed by atoms with van der Waals surface area (Å²) in [6.45, 7) is 7.90. The Balaban J connectivity index is 1.31. The van der Waals surface area contributed by atoms with Crippen LogP contribution in [0.15, 0.2) is 85.1 Å². The minimum Gasteiger partial charge on any atom is -0.497 e. The number of benzene rings is 3. The van der Waals surface area contributed by atoms with E-state index in [0.717, 1.165) is 52.8 Å². The van der Waals surface area contributed by atoms with Gasteiger partial charge in [-0.25, -0.2) is 4.98 Å². The van der Waals surface area contributed by atoms with Gasteiger partial charge in [-0.2, -0.15) is 0 Å². The predicted octanol–water partition coefficient (Wildman–Crippen LogP) is 6.26. The zero-order valence-electron chi connectivity index (χ0n) is 24.6. The van der Waals surface area contributed by atoms with Gasteiger partial charge in [0.15, 0.2) is 0 Å². The first-order chi connectivity index (χ1) is 20.4. The Morgan fingerprint density at radius 2 is 1.57 bits per heavy atom. The van der Waals surface area contributed by atoms with Crippen molar-refractivity contribution < 1.29 is 14.3 Å². The lowest BCUT2D eigenvalue weighted by molar-refractivity contribution is 0.0627. The number of imidazole rings is 1. The first-order valence-electron chi connectivity index (χ1n) is 14.3. The minimum absolute atomic E-state index is 0.0577. The van der Waals surface area contributed by atoms with Crippen LogP contribution in [0.4, 0.5) is 0 Å². The third-order valence-electron chi connectivity index (χ3n) is 8.13. The lowest BCUT2D eigenvalue weighted by Crippen LogP contribution is -2.48. The van der Waals surface area contributed by atoms with Crippen molar-refractivity contribution in [3.63, 3.8) is 0 Å². The molecule has 0 spiro atoms. The van der Waals surface area contributed by atoms with Crippen LogP contribution in [0.3, 0.4) is 0 Å².